The van der Waals surface area contributed by atoms with Gasteiger partial charge in [0.15, 0.2) is 5.65 Å². The van der Waals surface area contributed by atoms with Gasteiger partial charge in [0.2, 0.25) is 5.95 Å². The second-order valence-electron chi connectivity index (χ2n) is 3.75. The number of aryl methyl sites for hydroxylation is 2. The number of aromatic amines is 1. The van der Waals surface area contributed by atoms with E-state index < -0.39 is 0 Å². The number of aromatic nitrogens is 4. The topological polar surface area (TPSA) is 75.6 Å². The Labute approximate surface area is 92.7 Å². The molecule has 16 heavy (non-hydrogen) atoms. The zero-order valence-corrected chi connectivity index (χ0v) is 9.66. The molecule has 2 rings (SSSR count). The molecular weight excluding hydrogens is 206 g/mol. The third-order valence-electron chi connectivity index (χ3n) is 2.41. The third-order valence-corrected chi connectivity index (χ3v) is 2.41. The summed E-state index contributed by atoms with van der Waals surface area (Å²) in [6.07, 6.45) is 0.978. The summed E-state index contributed by atoms with van der Waals surface area (Å²) in [5.41, 5.74) is 1.17. The highest BCUT2D eigenvalue weighted by Crippen LogP contribution is 2.11. The van der Waals surface area contributed by atoms with Crippen LogP contribution in [0.15, 0.2) is 4.79 Å². The molecule has 0 radical (unpaired) electrons. The summed E-state index contributed by atoms with van der Waals surface area (Å²) in [6, 6.07) is 0. The second kappa shape index (κ2) is 3.96. The minimum absolute atomic E-state index is 0.144. The van der Waals surface area contributed by atoms with Gasteiger partial charge >= 0.3 is 0 Å². The molecule has 0 aliphatic heterocycles. The largest absolute Gasteiger partial charge is 0.356 e. The summed E-state index contributed by atoms with van der Waals surface area (Å²) in [4.78, 5) is 18.8. The van der Waals surface area contributed by atoms with E-state index in [9.17, 15) is 4.79 Å². The van der Waals surface area contributed by atoms with Crippen LogP contribution in [0.25, 0.3) is 11.0 Å². The highest BCUT2D eigenvalue weighted by Gasteiger charge is 2.11. The van der Waals surface area contributed by atoms with Gasteiger partial charge in [-0.15, -0.1) is 0 Å². The predicted molar refractivity (Wildman–Crippen MR) is 62.6 cm³/mol. The second-order valence-corrected chi connectivity index (χ2v) is 3.75. The van der Waals surface area contributed by atoms with Crippen LogP contribution in [0.4, 0.5) is 5.95 Å². The molecule has 2 aromatic rings. The number of nitrogens with one attached hydrogen (secondary N) is 2. The molecule has 0 atom stereocenters. The maximum absolute atomic E-state index is 11.8. The van der Waals surface area contributed by atoms with Gasteiger partial charge in [0.05, 0.1) is 5.69 Å². The Morgan fingerprint density at radius 1 is 1.50 bits per heavy atom. The van der Waals surface area contributed by atoms with Gasteiger partial charge in [-0.05, 0) is 13.3 Å². The van der Waals surface area contributed by atoms with Crippen LogP contribution in [0, 0.1) is 6.92 Å². The van der Waals surface area contributed by atoms with E-state index in [1.165, 1.54) is 0 Å². The lowest BCUT2D eigenvalue weighted by Crippen LogP contribution is -2.14. The van der Waals surface area contributed by atoms with Gasteiger partial charge in [-0.3, -0.25) is 9.78 Å². The highest BCUT2D eigenvalue weighted by molar-refractivity contribution is 5.77. The summed E-state index contributed by atoms with van der Waals surface area (Å²) in [6.45, 7) is 4.64. The number of fused-ring (bicyclic) bond motifs is 1. The fourth-order valence-electron chi connectivity index (χ4n) is 1.67. The van der Waals surface area contributed by atoms with Gasteiger partial charge in [-0.2, -0.15) is 10.1 Å². The van der Waals surface area contributed by atoms with Crippen molar-refractivity contribution >= 4 is 17.0 Å². The Morgan fingerprint density at radius 2 is 2.25 bits per heavy atom. The maximum atomic E-state index is 11.8. The Hall–Kier alpha value is -1.85. The minimum atomic E-state index is -0.144. The van der Waals surface area contributed by atoms with Gasteiger partial charge in [-0.1, -0.05) is 6.92 Å². The van der Waals surface area contributed by atoms with E-state index in [1.807, 2.05) is 0 Å². The van der Waals surface area contributed by atoms with E-state index in [0.29, 0.717) is 22.7 Å². The first-order valence-electron chi connectivity index (χ1n) is 5.31. The summed E-state index contributed by atoms with van der Waals surface area (Å²) in [5.74, 6) is 0.502. The molecule has 0 aliphatic rings. The van der Waals surface area contributed by atoms with Crippen LogP contribution in [0.1, 0.15) is 19.0 Å². The molecule has 0 spiro atoms. The van der Waals surface area contributed by atoms with E-state index in [-0.39, 0.29) is 5.56 Å². The first kappa shape index (κ1) is 10.7. The average molecular weight is 221 g/mol. The molecule has 86 valence electrons. The normalized spacial score (nSPS) is 10.9. The van der Waals surface area contributed by atoms with E-state index in [4.69, 9.17) is 0 Å². The van der Waals surface area contributed by atoms with Crippen molar-refractivity contribution in [3.05, 3.63) is 16.0 Å². The fraction of sp³-hybridized carbons (Fsp3) is 0.500. The molecule has 6 heteroatoms. The standard InChI is InChI=1S/C10H15N5O/c1-4-5-11-10-12-8-7(9(16)13-10)6(2)14-15(8)3/h4-5H2,1-3H3,(H2,11,12,13,16). The number of nitrogens with zero attached hydrogens (tertiary/aromatic N) is 3. The highest BCUT2D eigenvalue weighted by atomic mass is 16.1. The average Bonchev–Trinajstić information content (AvgIpc) is 2.52. The number of hydrogen-bond donors (Lipinski definition) is 2. The first-order chi connectivity index (χ1) is 7.63. The summed E-state index contributed by atoms with van der Waals surface area (Å²) < 4.78 is 1.62. The molecule has 2 aromatic heterocycles. The van der Waals surface area contributed by atoms with E-state index in [0.717, 1.165) is 13.0 Å². The van der Waals surface area contributed by atoms with Crippen molar-refractivity contribution in [1.29, 1.82) is 0 Å². The summed E-state index contributed by atoms with van der Waals surface area (Å²) >= 11 is 0. The van der Waals surface area contributed by atoms with Crippen molar-refractivity contribution < 1.29 is 0 Å². The van der Waals surface area contributed by atoms with Crippen LogP contribution in [0.2, 0.25) is 0 Å². The van der Waals surface area contributed by atoms with Crippen LogP contribution in [-0.2, 0) is 7.05 Å². The van der Waals surface area contributed by atoms with Crippen molar-refractivity contribution in [3.8, 4) is 0 Å². The number of H-pyrrole nitrogens is 1. The zero-order chi connectivity index (χ0) is 11.7. The van der Waals surface area contributed by atoms with Gasteiger partial charge in [0.1, 0.15) is 5.39 Å². The lowest BCUT2D eigenvalue weighted by Gasteiger charge is -2.03. The van der Waals surface area contributed by atoms with Gasteiger partial charge in [-0.25, -0.2) is 4.68 Å². The molecular formula is C10H15N5O. The number of anilines is 1. The molecule has 0 unspecified atom stereocenters. The minimum Gasteiger partial charge on any atom is -0.356 e. The number of hydrogen-bond acceptors (Lipinski definition) is 4. The molecule has 6 nitrogen and oxygen atoms in total. The van der Waals surface area contributed by atoms with Crippen molar-refractivity contribution in [2.45, 2.75) is 20.3 Å². The van der Waals surface area contributed by atoms with Crippen LogP contribution in [0.3, 0.4) is 0 Å². The van der Waals surface area contributed by atoms with Crippen molar-refractivity contribution in [3.63, 3.8) is 0 Å². The molecule has 2 heterocycles. The molecule has 0 bridgehead atoms. The molecule has 0 saturated heterocycles. The zero-order valence-electron chi connectivity index (χ0n) is 9.66. The van der Waals surface area contributed by atoms with Crippen molar-refractivity contribution in [2.75, 3.05) is 11.9 Å². The molecule has 0 saturated carbocycles. The fourth-order valence-corrected chi connectivity index (χ4v) is 1.67. The lowest BCUT2D eigenvalue weighted by molar-refractivity contribution is 0.773. The van der Waals surface area contributed by atoms with E-state index in [2.05, 4.69) is 27.3 Å². The summed E-state index contributed by atoms with van der Waals surface area (Å²) in [7, 11) is 1.78. The summed E-state index contributed by atoms with van der Waals surface area (Å²) in [5, 5.41) is 7.79. The van der Waals surface area contributed by atoms with E-state index in [1.54, 1.807) is 18.7 Å². The van der Waals surface area contributed by atoms with Gasteiger partial charge < -0.3 is 5.32 Å². The molecule has 2 N–H and O–H groups in total. The quantitative estimate of drug-likeness (QED) is 0.803. The van der Waals surface area contributed by atoms with Crippen LogP contribution >= 0.6 is 0 Å². The maximum Gasteiger partial charge on any atom is 0.263 e. The van der Waals surface area contributed by atoms with Gasteiger partial charge in [0, 0.05) is 13.6 Å². The van der Waals surface area contributed by atoms with E-state index >= 15 is 0 Å². The Balaban J connectivity index is 2.58. The SMILES string of the molecule is CCCNc1nc2c(c(C)nn2C)c(=O)[nH]1. The van der Waals surface area contributed by atoms with Crippen molar-refractivity contribution in [2.24, 2.45) is 7.05 Å². The Bertz CT molecular complexity index is 568. The molecule has 0 aliphatic carbocycles. The van der Waals surface area contributed by atoms with Crippen molar-refractivity contribution in [1.82, 2.24) is 19.7 Å². The molecule has 0 fully saturated rings. The van der Waals surface area contributed by atoms with Crippen LogP contribution in [0.5, 0.6) is 0 Å². The Morgan fingerprint density at radius 3 is 2.94 bits per heavy atom. The smallest absolute Gasteiger partial charge is 0.263 e. The first-order valence-corrected chi connectivity index (χ1v) is 5.31. The van der Waals surface area contributed by atoms with Crippen LogP contribution < -0.4 is 10.9 Å². The molecule has 0 aromatic carbocycles. The number of rotatable bonds is 3. The predicted octanol–water partition coefficient (Wildman–Crippen LogP) is 0.787. The van der Waals surface area contributed by atoms with Gasteiger partial charge in [0.25, 0.3) is 5.56 Å². The third kappa shape index (κ3) is 1.66. The molecule has 0 amide bonds. The lowest BCUT2D eigenvalue weighted by atomic mass is 10.3. The Kier molecular flexibility index (Phi) is 2.64. The monoisotopic (exact) mass is 221 g/mol. The van der Waals surface area contributed by atoms with Crippen LogP contribution in [-0.4, -0.2) is 26.3 Å².